The Kier molecular flexibility index (Phi) is 4.55. The number of ether oxygens (including phenoxy) is 1. The van der Waals surface area contributed by atoms with Gasteiger partial charge in [0.15, 0.2) is 0 Å². The van der Waals surface area contributed by atoms with Crippen LogP contribution in [-0.2, 0) is 16.0 Å². The molecule has 1 saturated heterocycles. The number of imidazole rings is 1. The molecule has 1 aromatic rings. The number of carbonyl (C=O) groups excluding carboxylic acids is 1. The van der Waals surface area contributed by atoms with Crippen LogP contribution >= 0.6 is 0 Å². The van der Waals surface area contributed by atoms with Gasteiger partial charge in [0.2, 0.25) is 5.91 Å². The molecule has 0 bridgehead atoms. The van der Waals surface area contributed by atoms with Crippen molar-refractivity contribution >= 4 is 5.91 Å². The van der Waals surface area contributed by atoms with Crippen LogP contribution in [0.2, 0.25) is 0 Å². The number of likely N-dealkylation sites (N-methyl/N-ethyl adjacent to an activating group) is 1. The molecule has 1 amide bonds. The summed E-state index contributed by atoms with van der Waals surface area (Å²) in [5, 5.41) is 3.31. The molecule has 6 heteroatoms. The highest BCUT2D eigenvalue weighted by atomic mass is 16.5. The lowest BCUT2D eigenvalue weighted by Gasteiger charge is -2.32. The fourth-order valence-electron chi connectivity index (χ4n) is 3.22. The van der Waals surface area contributed by atoms with Gasteiger partial charge in [0.25, 0.3) is 0 Å². The number of rotatable bonds is 4. The van der Waals surface area contributed by atoms with Crippen molar-refractivity contribution in [2.24, 2.45) is 5.92 Å². The van der Waals surface area contributed by atoms with Gasteiger partial charge in [-0.1, -0.05) is 0 Å². The number of nitrogens with one attached hydrogen (secondary N) is 2. The average Bonchev–Trinajstić information content (AvgIpc) is 3.01. The number of aromatic amines is 1. The number of fused-ring (bicyclic) bond motifs is 1. The Bertz CT molecular complexity index is 482. The topological polar surface area (TPSA) is 70.2 Å². The summed E-state index contributed by atoms with van der Waals surface area (Å²) < 4.78 is 5.40. The Labute approximate surface area is 125 Å². The monoisotopic (exact) mass is 292 g/mol. The Hall–Kier alpha value is -1.40. The van der Waals surface area contributed by atoms with Crippen LogP contribution < -0.4 is 5.32 Å². The van der Waals surface area contributed by atoms with E-state index >= 15 is 0 Å². The molecule has 1 unspecified atom stereocenters. The van der Waals surface area contributed by atoms with Crippen LogP contribution in [0.1, 0.15) is 37.2 Å². The van der Waals surface area contributed by atoms with Crippen molar-refractivity contribution in [3.8, 4) is 0 Å². The summed E-state index contributed by atoms with van der Waals surface area (Å²) in [5.41, 5.74) is 1.96. The normalized spacial score (nSPS) is 22.8. The van der Waals surface area contributed by atoms with Gasteiger partial charge < -0.3 is 19.9 Å². The molecule has 1 atom stereocenters. The Balaban J connectivity index is 1.68. The first-order valence-corrected chi connectivity index (χ1v) is 7.91. The zero-order chi connectivity index (χ0) is 14.7. The largest absolute Gasteiger partial charge is 0.381 e. The second-order valence-electron chi connectivity index (χ2n) is 5.84. The van der Waals surface area contributed by atoms with E-state index in [2.05, 4.69) is 15.3 Å². The molecular weight excluding hydrogens is 268 g/mol. The van der Waals surface area contributed by atoms with Crippen molar-refractivity contribution < 1.29 is 9.53 Å². The van der Waals surface area contributed by atoms with Gasteiger partial charge in [-0.25, -0.2) is 4.98 Å². The molecule has 3 rings (SSSR count). The molecule has 21 heavy (non-hydrogen) atoms. The first kappa shape index (κ1) is 14.5. The van der Waals surface area contributed by atoms with Gasteiger partial charge in [-0.05, 0) is 25.7 Å². The van der Waals surface area contributed by atoms with Crippen LogP contribution in [0.25, 0.3) is 0 Å². The third kappa shape index (κ3) is 3.11. The number of amides is 1. The Morgan fingerprint density at radius 1 is 1.48 bits per heavy atom. The Morgan fingerprint density at radius 2 is 2.29 bits per heavy atom. The maximum atomic E-state index is 12.8. The molecule has 0 radical (unpaired) electrons. The van der Waals surface area contributed by atoms with Crippen molar-refractivity contribution in [1.82, 2.24) is 20.2 Å². The van der Waals surface area contributed by atoms with Crippen LogP contribution in [0.4, 0.5) is 0 Å². The summed E-state index contributed by atoms with van der Waals surface area (Å²) >= 11 is 0. The summed E-state index contributed by atoms with van der Waals surface area (Å²) in [7, 11) is 0. The zero-order valence-corrected chi connectivity index (χ0v) is 12.6. The molecule has 2 aliphatic heterocycles. The SMILES string of the molecule is CCN(CC1CCOCC1)C(=O)C1NCCc2[nH]cnc21. The van der Waals surface area contributed by atoms with E-state index in [9.17, 15) is 4.79 Å². The van der Waals surface area contributed by atoms with E-state index in [1.807, 2.05) is 11.8 Å². The zero-order valence-electron chi connectivity index (χ0n) is 12.6. The lowest BCUT2D eigenvalue weighted by atomic mass is 9.98. The number of nitrogens with zero attached hydrogens (tertiary/aromatic N) is 2. The van der Waals surface area contributed by atoms with Gasteiger partial charge >= 0.3 is 0 Å². The van der Waals surface area contributed by atoms with Gasteiger partial charge in [-0.2, -0.15) is 0 Å². The van der Waals surface area contributed by atoms with Crippen molar-refractivity contribution in [1.29, 1.82) is 0 Å². The van der Waals surface area contributed by atoms with E-state index in [0.717, 1.165) is 63.5 Å². The third-order valence-corrected chi connectivity index (χ3v) is 4.51. The first-order chi connectivity index (χ1) is 10.3. The highest BCUT2D eigenvalue weighted by molar-refractivity contribution is 5.83. The minimum atomic E-state index is -0.292. The second kappa shape index (κ2) is 6.58. The Morgan fingerprint density at radius 3 is 3.05 bits per heavy atom. The molecule has 2 N–H and O–H groups in total. The highest BCUT2D eigenvalue weighted by Crippen LogP contribution is 2.23. The summed E-state index contributed by atoms with van der Waals surface area (Å²) in [6.07, 6.45) is 4.70. The van der Waals surface area contributed by atoms with Crippen LogP contribution in [0, 0.1) is 5.92 Å². The molecule has 1 fully saturated rings. The quantitative estimate of drug-likeness (QED) is 0.864. The van der Waals surface area contributed by atoms with Gasteiger partial charge in [0.05, 0.1) is 12.0 Å². The fourth-order valence-corrected chi connectivity index (χ4v) is 3.22. The van der Waals surface area contributed by atoms with Crippen LogP contribution in [0.3, 0.4) is 0 Å². The van der Waals surface area contributed by atoms with Gasteiger partial charge in [-0.15, -0.1) is 0 Å². The van der Waals surface area contributed by atoms with E-state index in [1.54, 1.807) is 6.33 Å². The van der Waals surface area contributed by atoms with Gasteiger partial charge in [0, 0.05) is 45.0 Å². The summed E-state index contributed by atoms with van der Waals surface area (Å²) in [6, 6.07) is -0.292. The number of carbonyl (C=O) groups is 1. The first-order valence-electron chi connectivity index (χ1n) is 7.91. The van der Waals surface area contributed by atoms with Crippen LogP contribution in [0.5, 0.6) is 0 Å². The third-order valence-electron chi connectivity index (χ3n) is 4.51. The molecule has 1 aromatic heterocycles. The standard InChI is InChI=1S/C15H24N4O2/c1-2-19(9-11-4-7-21-8-5-11)15(20)14-13-12(3-6-16-14)17-10-18-13/h10-11,14,16H,2-9H2,1H3,(H,17,18). The maximum Gasteiger partial charge on any atom is 0.246 e. The number of H-pyrrole nitrogens is 1. The summed E-state index contributed by atoms with van der Waals surface area (Å²) in [4.78, 5) is 22.3. The van der Waals surface area contributed by atoms with Crippen molar-refractivity contribution in [2.45, 2.75) is 32.2 Å². The van der Waals surface area contributed by atoms with Crippen LogP contribution in [-0.4, -0.2) is 53.6 Å². The molecular formula is C15H24N4O2. The van der Waals surface area contributed by atoms with Crippen molar-refractivity contribution in [3.63, 3.8) is 0 Å². The van der Waals surface area contributed by atoms with Crippen LogP contribution in [0.15, 0.2) is 6.33 Å². The number of aromatic nitrogens is 2. The van der Waals surface area contributed by atoms with Gasteiger partial charge in [0.1, 0.15) is 6.04 Å². The molecule has 3 heterocycles. The average molecular weight is 292 g/mol. The lowest BCUT2D eigenvalue weighted by molar-refractivity contribution is -0.134. The molecule has 116 valence electrons. The molecule has 0 saturated carbocycles. The maximum absolute atomic E-state index is 12.8. The second-order valence-corrected chi connectivity index (χ2v) is 5.84. The smallest absolute Gasteiger partial charge is 0.246 e. The fraction of sp³-hybridized carbons (Fsp3) is 0.733. The van der Waals surface area contributed by atoms with E-state index < -0.39 is 0 Å². The molecule has 2 aliphatic rings. The van der Waals surface area contributed by atoms with E-state index in [0.29, 0.717) is 5.92 Å². The van der Waals surface area contributed by atoms with Crippen molar-refractivity contribution in [3.05, 3.63) is 17.7 Å². The molecule has 0 aliphatic carbocycles. The summed E-state index contributed by atoms with van der Waals surface area (Å²) in [6.45, 7) is 6.08. The predicted octanol–water partition coefficient (Wildman–Crippen LogP) is 0.872. The van der Waals surface area contributed by atoms with E-state index in [-0.39, 0.29) is 11.9 Å². The number of hydrogen-bond acceptors (Lipinski definition) is 4. The lowest BCUT2D eigenvalue weighted by Crippen LogP contribution is -2.46. The molecule has 0 spiro atoms. The number of hydrogen-bond donors (Lipinski definition) is 2. The predicted molar refractivity (Wildman–Crippen MR) is 78.8 cm³/mol. The molecule has 6 nitrogen and oxygen atoms in total. The minimum Gasteiger partial charge on any atom is -0.381 e. The molecule has 0 aromatic carbocycles. The van der Waals surface area contributed by atoms with E-state index in [4.69, 9.17) is 4.74 Å². The van der Waals surface area contributed by atoms with E-state index in [1.165, 1.54) is 0 Å². The summed E-state index contributed by atoms with van der Waals surface area (Å²) in [5.74, 6) is 0.710. The highest BCUT2D eigenvalue weighted by Gasteiger charge is 2.32. The van der Waals surface area contributed by atoms with Crippen molar-refractivity contribution in [2.75, 3.05) is 32.8 Å². The minimum absolute atomic E-state index is 0.150. The van der Waals surface area contributed by atoms with Gasteiger partial charge in [-0.3, -0.25) is 4.79 Å².